The number of carbonyl (C=O) groups excluding carboxylic acids is 1. The van der Waals surface area contributed by atoms with Crippen molar-refractivity contribution in [2.75, 3.05) is 25.4 Å². The first-order valence-electron chi connectivity index (χ1n) is 10.2. The van der Waals surface area contributed by atoms with Crippen LogP contribution in [0.1, 0.15) is 39.5 Å². The Balaban J connectivity index is 1.83. The summed E-state index contributed by atoms with van der Waals surface area (Å²) in [6.07, 6.45) is 4.06. The first kappa shape index (κ1) is 20.9. The third-order valence-corrected chi connectivity index (χ3v) is 6.04. The minimum atomic E-state index is -0.0608. The maximum Gasteiger partial charge on any atom is 0.262 e. The third kappa shape index (κ3) is 4.94. The molecular weight excluding hydrogens is 374 g/mol. The van der Waals surface area contributed by atoms with Crippen LogP contribution in [0.15, 0.2) is 34.2 Å². The van der Waals surface area contributed by atoms with E-state index >= 15 is 0 Å². The zero-order valence-corrected chi connectivity index (χ0v) is 17.5. The van der Waals surface area contributed by atoms with Gasteiger partial charge in [0.25, 0.3) is 5.56 Å². The van der Waals surface area contributed by atoms with E-state index in [1.807, 2.05) is 30.0 Å². The second kappa shape index (κ2) is 10.1. The van der Waals surface area contributed by atoms with Crippen molar-refractivity contribution in [2.45, 2.75) is 57.3 Å². The second-order valence-electron chi connectivity index (χ2n) is 7.08. The molecule has 1 atom stereocenters. The molecule has 7 heteroatoms. The highest BCUT2D eigenvalue weighted by molar-refractivity contribution is 7.99. The summed E-state index contributed by atoms with van der Waals surface area (Å²) in [6.45, 7) is 6.83. The van der Waals surface area contributed by atoms with Gasteiger partial charge < -0.3 is 9.64 Å². The van der Waals surface area contributed by atoms with E-state index in [0.29, 0.717) is 29.1 Å². The molecule has 1 aliphatic rings. The van der Waals surface area contributed by atoms with Crippen LogP contribution in [0.25, 0.3) is 10.9 Å². The van der Waals surface area contributed by atoms with Gasteiger partial charge in [-0.1, -0.05) is 37.2 Å². The van der Waals surface area contributed by atoms with Gasteiger partial charge in [0.2, 0.25) is 5.91 Å². The Labute approximate surface area is 170 Å². The molecule has 0 spiro atoms. The maximum atomic E-state index is 13.1. The number of unbranched alkanes of at least 4 members (excludes halogenated alkanes) is 1. The number of hydrogen-bond donors (Lipinski definition) is 0. The highest BCUT2D eigenvalue weighted by Crippen LogP contribution is 2.21. The molecule has 0 saturated carbocycles. The SMILES string of the molecule is CCCCN(CC)C(=O)CSc1nc2ccccc2c(=O)n1C[C@H]1CCCO1. The summed E-state index contributed by atoms with van der Waals surface area (Å²) in [5.74, 6) is 0.375. The largest absolute Gasteiger partial charge is 0.376 e. The number of hydrogen-bond acceptors (Lipinski definition) is 5. The molecule has 28 heavy (non-hydrogen) atoms. The third-order valence-electron chi connectivity index (χ3n) is 5.08. The van der Waals surface area contributed by atoms with Crippen molar-refractivity contribution in [3.05, 3.63) is 34.6 Å². The Morgan fingerprint density at radius 3 is 2.89 bits per heavy atom. The zero-order chi connectivity index (χ0) is 19.9. The number of rotatable bonds is 9. The molecule has 3 rings (SSSR count). The van der Waals surface area contributed by atoms with Crippen LogP contribution in [-0.2, 0) is 16.1 Å². The van der Waals surface area contributed by atoms with Crippen molar-refractivity contribution < 1.29 is 9.53 Å². The van der Waals surface area contributed by atoms with E-state index in [2.05, 4.69) is 6.92 Å². The number of benzene rings is 1. The standard InChI is InChI=1S/C21H29N3O3S/c1-3-5-12-23(4-2)19(25)15-28-21-22-18-11-7-6-10-17(18)20(26)24(21)14-16-9-8-13-27-16/h6-7,10-11,16H,3-5,8-9,12-15H2,1-2H3/t16-/m1/s1. The Morgan fingerprint density at radius 1 is 1.36 bits per heavy atom. The lowest BCUT2D eigenvalue weighted by molar-refractivity contribution is -0.128. The number of fused-ring (bicyclic) bond motifs is 1. The number of ether oxygens (including phenoxy) is 1. The number of carbonyl (C=O) groups is 1. The molecule has 152 valence electrons. The number of aromatic nitrogens is 2. The lowest BCUT2D eigenvalue weighted by atomic mass is 10.2. The van der Waals surface area contributed by atoms with E-state index in [1.54, 1.807) is 10.6 Å². The smallest absolute Gasteiger partial charge is 0.262 e. The van der Waals surface area contributed by atoms with Gasteiger partial charge in [0.1, 0.15) is 0 Å². The monoisotopic (exact) mass is 403 g/mol. The minimum absolute atomic E-state index is 0.0346. The lowest BCUT2D eigenvalue weighted by Crippen LogP contribution is -2.34. The van der Waals surface area contributed by atoms with Crippen molar-refractivity contribution in [3.8, 4) is 0 Å². The zero-order valence-electron chi connectivity index (χ0n) is 16.7. The van der Waals surface area contributed by atoms with Gasteiger partial charge in [-0.25, -0.2) is 4.98 Å². The first-order valence-corrected chi connectivity index (χ1v) is 11.1. The summed E-state index contributed by atoms with van der Waals surface area (Å²) >= 11 is 1.35. The molecular formula is C21H29N3O3S. The van der Waals surface area contributed by atoms with Gasteiger partial charge in [-0.3, -0.25) is 14.2 Å². The Bertz CT molecular complexity index is 862. The molecule has 1 amide bonds. The van der Waals surface area contributed by atoms with Crippen molar-refractivity contribution >= 4 is 28.6 Å². The van der Waals surface area contributed by atoms with Crippen molar-refractivity contribution in [1.82, 2.24) is 14.5 Å². The van der Waals surface area contributed by atoms with Crippen molar-refractivity contribution in [3.63, 3.8) is 0 Å². The fraction of sp³-hybridized carbons (Fsp3) is 0.571. The molecule has 0 N–H and O–H groups in total. The predicted octanol–water partition coefficient (Wildman–Crippen LogP) is 3.32. The summed E-state index contributed by atoms with van der Waals surface area (Å²) in [5, 5.41) is 1.20. The highest BCUT2D eigenvalue weighted by Gasteiger charge is 2.21. The fourth-order valence-electron chi connectivity index (χ4n) is 3.44. The Hall–Kier alpha value is -1.86. The summed E-state index contributed by atoms with van der Waals surface area (Å²) in [5.41, 5.74) is 0.610. The molecule has 6 nitrogen and oxygen atoms in total. The Kier molecular flexibility index (Phi) is 7.50. The molecule has 2 heterocycles. The molecule has 2 aromatic rings. The molecule has 1 aliphatic heterocycles. The van der Waals surface area contributed by atoms with Gasteiger partial charge in [-0.2, -0.15) is 0 Å². The molecule has 0 unspecified atom stereocenters. The van der Waals surface area contributed by atoms with Crippen LogP contribution < -0.4 is 5.56 Å². The summed E-state index contributed by atoms with van der Waals surface area (Å²) < 4.78 is 7.43. The van der Waals surface area contributed by atoms with Crippen molar-refractivity contribution in [1.29, 1.82) is 0 Å². The van der Waals surface area contributed by atoms with Gasteiger partial charge in [0.15, 0.2) is 5.16 Å². The normalized spacial score (nSPS) is 16.6. The molecule has 1 aromatic heterocycles. The quantitative estimate of drug-likeness (QED) is 0.475. The van der Waals surface area contributed by atoms with Gasteiger partial charge in [-0.15, -0.1) is 0 Å². The fourth-order valence-corrected chi connectivity index (χ4v) is 4.35. The number of para-hydroxylation sites is 1. The number of amides is 1. The molecule has 1 aromatic carbocycles. The van der Waals surface area contributed by atoms with Crippen LogP contribution in [0.4, 0.5) is 0 Å². The van der Waals surface area contributed by atoms with Crippen LogP contribution in [0.2, 0.25) is 0 Å². The molecule has 0 radical (unpaired) electrons. The predicted molar refractivity (Wildman–Crippen MR) is 113 cm³/mol. The highest BCUT2D eigenvalue weighted by atomic mass is 32.2. The lowest BCUT2D eigenvalue weighted by Gasteiger charge is -2.21. The van der Waals surface area contributed by atoms with Crippen LogP contribution in [-0.4, -0.2) is 51.9 Å². The number of nitrogens with zero attached hydrogens (tertiary/aromatic N) is 3. The van der Waals surface area contributed by atoms with E-state index < -0.39 is 0 Å². The maximum absolute atomic E-state index is 13.1. The van der Waals surface area contributed by atoms with Gasteiger partial charge >= 0.3 is 0 Å². The molecule has 0 aliphatic carbocycles. The van der Waals surface area contributed by atoms with E-state index in [4.69, 9.17) is 9.72 Å². The van der Waals surface area contributed by atoms with E-state index in [1.165, 1.54) is 11.8 Å². The molecule has 0 bridgehead atoms. The summed E-state index contributed by atoms with van der Waals surface area (Å²) in [6, 6.07) is 7.38. The van der Waals surface area contributed by atoms with E-state index in [9.17, 15) is 9.59 Å². The summed E-state index contributed by atoms with van der Waals surface area (Å²) in [7, 11) is 0. The van der Waals surface area contributed by atoms with Crippen LogP contribution in [0.3, 0.4) is 0 Å². The minimum Gasteiger partial charge on any atom is -0.376 e. The average molecular weight is 404 g/mol. The van der Waals surface area contributed by atoms with Gasteiger partial charge in [-0.05, 0) is 38.3 Å². The molecule has 1 saturated heterocycles. The van der Waals surface area contributed by atoms with Crippen LogP contribution in [0, 0.1) is 0 Å². The number of thioether (sulfide) groups is 1. The van der Waals surface area contributed by atoms with Gasteiger partial charge in [0, 0.05) is 19.7 Å². The average Bonchev–Trinajstić information content (AvgIpc) is 3.22. The Morgan fingerprint density at radius 2 is 2.18 bits per heavy atom. The molecule has 1 fully saturated rings. The van der Waals surface area contributed by atoms with Crippen LogP contribution >= 0.6 is 11.8 Å². The second-order valence-corrected chi connectivity index (χ2v) is 8.02. The van der Waals surface area contributed by atoms with Crippen LogP contribution in [0.5, 0.6) is 0 Å². The topological polar surface area (TPSA) is 64.4 Å². The van der Waals surface area contributed by atoms with Gasteiger partial charge in [0.05, 0.1) is 29.3 Å². The first-order chi connectivity index (χ1) is 13.6. The van der Waals surface area contributed by atoms with Crippen molar-refractivity contribution in [2.24, 2.45) is 0 Å². The van der Waals surface area contributed by atoms with E-state index in [0.717, 1.165) is 38.8 Å². The van der Waals surface area contributed by atoms with E-state index in [-0.39, 0.29) is 23.3 Å². The summed E-state index contributed by atoms with van der Waals surface area (Å²) in [4.78, 5) is 32.3.